The molecule has 18 heavy (non-hydrogen) atoms. The molecular weight excluding hydrogens is 283 g/mol. The van der Waals surface area contributed by atoms with Gasteiger partial charge in [0, 0.05) is 0 Å². The minimum absolute atomic E-state index is 0.0758. The van der Waals surface area contributed by atoms with Crippen molar-refractivity contribution in [2.75, 3.05) is 6.54 Å². The Morgan fingerprint density at radius 1 is 1.44 bits per heavy atom. The van der Waals surface area contributed by atoms with Crippen LogP contribution in [0.2, 0.25) is 10.2 Å². The largest absolute Gasteiger partial charge is 0.479 e. The van der Waals surface area contributed by atoms with Gasteiger partial charge >= 0.3 is 5.97 Å². The monoisotopic (exact) mass is 292 g/mol. The zero-order valence-electron chi connectivity index (χ0n) is 9.28. The number of aromatic nitrogens is 1. The van der Waals surface area contributed by atoms with E-state index in [0.717, 1.165) is 6.92 Å². The number of carbonyl (C=O) groups is 2. The Balaban J connectivity index is 2.78. The Labute approximate surface area is 113 Å². The second-order valence-electron chi connectivity index (χ2n) is 3.73. The first-order chi connectivity index (χ1) is 8.24. The molecule has 6 nitrogen and oxygen atoms in total. The van der Waals surface area contributed by atoms with Gasteiger partial charge in [0.2, 0.25) is 0 Å². The number of hydrogen-bond acceptors (Lipinski definition) is 4. The molecule has 1 amide bonds. The van der Waals surface area contributed by atoms with E-state index in [9.17, 15) is 14.7 Å². The zero-order valence-corrected chi connectivity index (χ0v) is 10.8. The van der Waals surface area contributed by atoms with Crippen molar-refractivity contribution in [1.82, 2.24) is 10.3 Å². The molecule has 1 unspecified atom stereocenters. The predicted molar refractivity (Wildman–Crippen MR) is 64.8 cm³/mol. The van der Waals surface area contributed by atoms with Gasteiger partial charge in [0.15, 0.2) is 5.60 Å². The van der Waals surface area contributed by atoms with Crippen LogP contribution in [0.15, 0.2) is 12.1 Å². The van der Waals surface area contributed by atoms with E-state index in [4.69, 9.17) is 28.3 Å². The van der Waals surface area contributed by atoms with Crippen molar-refractivity contribution in [2.24, 2.45) is 0 Å². The maximum atomic E-state index is 11.7. The molecule has 1 atom stereocenters. The molecule has 0 saturated carbocycles. The highest BCUT2D eigenvalue weighted by molar-refractivity contribution is 6.34. The molecule has 0 aromatic carbocycles. The second-order valence-corrected chi connectivity index (χ2v) is 4.52. The van der Waals surface area contributed by atoms with Gasteiger partial charge in [-0.05, 0) is 19.1 Å². The summed E-state index contributed by atoms with van der Waals surface area (Å²) in [4.78, 5) is 26.0. The fraction of sp³-hybridized carbons (Fsp3) is 0.300. The lowest BCUT2D eigenvalue weighted by Gasteiger charge is -2.18. The van der Waals surface area contributed by atoms with E-state index in [1.54, 1.807) is 0 Å². The third kappa shape index (κ3) is 3.56. The molecule has 1 aromatic rings. The molecule has 0 radical (unpaired) electrons. The molecule has 0 saturated heterocycles. The number of pyridine rings is 1. The summed E-state index contributed by atoms with van der Waals surface area (Å²) in [6, 6.07) is 2.80. The van der Waals surface area contributed by atoms with E-state index >= 15 is 0 Å². The van der Waals surface area contributed by atoms with E-state index in [1.807, 2.05) is 0 Å². The molecule has 1 aromatic heterocycles. The molecule has 98 valence electrons. The Bertz CT molecular complexity index is 491. The number of halogens is 2. The summed E-state index contributed by atoms with van der Waals surface area (Å²) in [5.74, 6) is -2.17. The van der Waals surface area contributed by atoms with E-state index in [-0.39, 0.29) is 15.9 Å². The van der Waals surface area contributed by atoms with Crippen LogP contribution in [0.1, 0.15) is 17.4 Å². The van der Waals surface area contributed by atoms with Crippen LogP contribution in [0.25, 0.3) is 0 Å². The number of nitrogens with one attached hydrogen (secondary N) is 1. The molecular formula is C10H10Cl2N2O4. The summed E-state index contributed by atoms with van der Waals surface area (Å²) >= 11 is 11.4. The minimum Gasteiger partial charge on any atom is -0.479 e. The van der Waals surface area contributed by atoms with Crippen LogP contribution in [0, 0.1) is 0 Å². The average Bonchev–Trinajstić information content (AvgIpc) is 2.29. The van der Waals surface area contributed by atoms with Crippen molar-refractivity contribution in [3.8, 4) is 0 Å². The van der Waals surface area contributed by atoms with Crippen LogP contribution in [0.3, 0.4) is 0 Å². The van der Waals surface area contributed by atoms with Crippen LogP contribution in [-0.4, -0.2) is 39.2 Å². The lowest BCUT2D eigenvalue weighted by molar-refractivity contribution is -0.155. The van der Waals surface area contributed by atoms with Gasteiger partial charge in [-0.1, -0.05) is 23.2 Å². The van der Waals surface area contributed by atoms with Gasteiger partial charge in [-0.15, -0.1) is 0 Å². The number of aliphatic hydroxyl groups is 1. The van der Waals surface area contributed by atoms with Gasteiger partial charge in [0.25, 0.3) is 5.91 Å². The number of carboxylic acid groups (broad SMARTS) is 1. The number of carbonyl (C=O) groups excluding carboxylic acids is 1. The number of nitrogens with zero attached hydrogens (tertiary/aromatic N) is 1. The number of carboxylic acids is 1. The average molecular weight is 293 g/mol. The number of amides is 1. The first-order valence-corrected chi connectivity index (χ1v) is 5.55. The molecule has 8 heteroatoms. The van der Waals surface area contributed by atoms with E-state index in [2.05, 4.69) is 10.3 Å². The highest BCUT2D eigenvalue weighted by Gasteiger charge is 2.30. The molecule has 0 aliphatic heterocycles. The summed E-state index contributed by atoms with van der Waals surface area (Å²) < 4.78 is 0. The van der Waals surface area contributed by atoms with Gasteiger partial charge < -0.3 is 15.5 Å². The van der Waals surface area contributed by atoms with Crippen LogP contribution >= 0.6 is 23.2 Å². The maximum absolute atomic E-state index is 11.7. The quantitative estimate of drug-likeness (QED) is 0.718. The highest BCUT2D eigenvalue weighted by atomic mass is 35.5. The SMILES string of the molecule is CC(O)(CNC(=O)c1nc(Cl)ccc1Cl)C(=O)O. The van der Waals surface area contributed by atoms with Crippen LogP contribution in [0.4, 0.5) is 0 Å². The summed E-state index contributed by atoms with van der Waals surface area (Å²) in [5, 5.41) is 20.4. The fourth-order valence-electron chi connectivity index (χ4n) is 0.989. The van der Waals surface area contributed by atoms with Crippen molar-refractivity contribution in [1.29, 1.82) is 0 Å². The topological polar surface area (TPSA) is 99.5 Å². The lowest BCUT2D eigenvalue weighted by Crippen LogP contribution is -2.46. The van der Waals surface area contributed by atoms with Gasteiger partial charge in [-0.3, -0.25) is 4.79 Å². The molecule has 0 bridgehead atoms. The normalized spacial score (nSPS) is 13.8. The highest BCUT2D eigenvalue weighted by Crippen LogP contribution is 2.16. The van der Waals surface area contributed by atoms with E-state index in [0.29, 0.717) is 0 Å². The van der Waals surface area contributed by atoms with Crippen molar-refractivity contribution in [3.63, 3.8) is 0 Å². The summed E-state index contributed by atoms with van der Waals surface area (Å²) in [6.07, 6.45) is 0. The first-order valence-electron chi connectivity index (χ1n) is 4.80. The third-order valence-corrected chi connectivity index (χ3v) is 2.60. The maximum Gasteiger partial charge on any atom is 0.337 e. The first kappa shape index (κ1) is 14.7. The second kappa shape index (κ2) is 5.51. The fourth-order valence-corrected chi connectivity index (χ4v) is 1.33. The van der Waals surface area contributed by atoms with Gasteiger partial charge in [-0.25, -0.2) is 9.78 Å². The Morgan fingerprint density at radius 3 is 2.61 bits per heavy atom. The number of hydrogen-bond donors (Lipinski definition) is 3. The van der Waals surface area contributed by atoms with Gasteiger partial charge in [0.05, 0.1) is 11.6 Å². The minimum atomic E-state index is -2.07. The van der Waals surface area contributed by atoms with Gasteiger partial charge in [0.1, 0.15) is 10.8 Å². The van der Waals surface area contributed by atoms with Crippen molar-refractivity contribution < 1.29 is 19.8 Å². The molecule has 3 N–H and O–H groups in total. The van der Waals surface area contributed by atoms with E-state index < -0.39 is 24.0 Å². The van der Waals surface area contributed by atoms with Crippen molar-refractivity contribution in [3.05, 3.63) is 28.0 Å². The van der Waals surface area contributed by atoms with Crippen LogP contribution < -0.4 is 5.32 Å². The standard InChI is InChI=1S/C10H10Cl2N2O4/c1-10(18,9(16)17)4-13-8(15)7-5(11)2-3-6(12)14-7/h2-3,18H,4H2,1H3,(H,13,15)(H,16,17). The number of rotatable bonds is 4. The number of aliphatic carboxylic acids is 1. The molecule has 0 spiro atoms. The van der Waals surface area contributed by atoms with Gasteiger partial charge in [-0.2, -0.15) is 0 Å². The van der Waals surface area contributed by atoms with E-state index in [1.165, 1.54) is 12.1 Å². The Kier molecular flexibility index (Phi) is 4.50. The molecule has 0 fully saturated rings. The third-order valence-electron chi connectivity index (χ3n) is 2.08. The lowest BCUT2D eigenvalue weighted by atomic mass is 10.1. The predicted octanol–water partition coefficient (Wildman–Crippen LogP) is 0.954. The summed E-state index contributed by atoms with van der Waals surface area (Å²) in [6.45, 7) is 0.578. The summed E-state index contributed by atoms with van der Waals surface area (Å²) in [7, 11) is 0. The molecule has 1 rings (SSSR count). The van der Waals surface area contributed by atoms with Crippen LogP contribution in [0.5, 0.6) is 0 Å². The zero-order chi connectivity index (χ0) is 13.9. The summed E-state index contributed by atoms with van der Waals surface area (Å²) in [5.41, 5.74) is -2.20. The molecule has 1 heterocycles. The Morgan fingerprint density at radius 2 is 2.06 bits per heavy atom. The van der Waals surface area contributed by atoms with Crippen molar-refractivity contribution >= 4 is 35.1 Å². The molecule has 0 aliphatic carbocycles. The van der Waals surface area contributed by atoms with Crippen molar-refractivity contribution in [2.45, 2.75) is 12.5 Å². The molecule has 0 aliphatic rings. The smallest absolute Gasteiger partial charge is 0.337 e. The Hall–Kier alpha value is -1.37. The van der Waals surface area contributed by atoms with Crippen LogP contribution in [-0.2, 0) is 4.79 Å².